The van der Waals surface area contributed by atoms with E-state index in [9.17, 15) is 0 Å². The van der Waals surface area contributed by atoms with Crippen LogP contribution in [0.4, 0.5) is 0 Å². The Kier molecular flexibility index (Phi) is 3.71. The summed E-state index contributed by atoms with van der Waals surface area (Å²) in [4.78, 5) is 7.82. The van der Waals surface area contributed by atoms with Gasteiger partial charge in [-0.1, -0.05) is 6.08 Å². The Morgan fingerprint density at radius 1 is 1.62 bits per heavy atom. The summed E-state index contributed by atoms with van der Waals surface area (Å²) >= 11 is 5.64. The first-order valence-corrected chi connectivity index (χ1v) is 4.35. The SMILES string of the molecule is C=CCCOc1cc(C)nc(Cl)n1. The van der Waals surface area contributed by atoms with Crippen molar-refractivity contribution in [3.8, 4) is 5.88 Å². The predicted molar refractivity (Wildman–Crippen MR) is 52.1 cm³/mol. The van der Waals surface area contributed by atoms with Gasteiger partial charge in [0.15, 0.2) is 0 Å². The summed E-state index contributed by atoms with van der Waals surface area (Å²) < 4.78 is 5.30. The molecule has 0 aliphatic rings. The lowest BCUT2D eigenvalue weighted by Gasteiger charge is -2.03. The minimum atomic E-state index is 0.216. The van der Waals surface area contributed by atoms with E-state index in [2.05, 4.69) is 16.5 Å². The summed E-state index contributed by atoms with van der Waals surface area (Å²) in [5.74, 6) is 0.513. The van der Waals surface area contributed by atoms with Gasteiger partial charge < -0.3 is 4.74 Å². The molecule has 0 unspecified atom stereocenters. The van der Waals surface area contributed by atoms with E-state index in [1.165, 1.54) is 0 Å². The van der Waals surface area contributed by atoms with Crippen molar-refractivity contribution >= 4 is 11.6 Å². The molecule has 0 aliphatic carbocycles. The molecule has 0 amide bonds. The fraction of sp³-hybridized carbons (Fsp3) is 0.333. The van der Waals surface area contributed by atoms with E-state index in [0.29, 0.717) is 12.5 Å². The smallest absolute Gasteiger partial charge is 0.225 e. The zero-order valence-electron chi connectivity index (χ0n) is 7.46. The molecule has 1 rings (SSSR count). The summed E-state index contributed by atoms with van der Waals surface area (Å²) in [7, 11) is 0. The van der Waals surface area contributed by atoms with Gasteiger partial charge in [-0.3, -0.25) is 0 Å². The van der Waals surface area contributed by atoms with Crippen LogP contribution in [0.1, 0.15) is 12.1 Å². The van der Waals surface area contributed by atoms with Crippen LogP contribution in [-0.2, 0) is 0 Å². The van der Waals surface area contributed by atoms with Gasteiger partial charge in [-0.2, -0.15) is 4.98 Å². The topological polar surface area (TPSA) is 35.0 Å². The van der Waals surface area contributed by atoms with Gasteiger partial charge in [-0.05, 0) is 24.9 Å². The van der Waals surface area contributed by atoms with Gasteiger partial charge in [-0.15, -0.1) is 6.58 Å². The molecule has 0 saturated carbocycles. The van der Waals surface area contributed by atoms with Crippen LogP contribution in [0.15, 0.2) is 18.7 Å². The minimum absolute atomic E-state index is 0.216. The molecule has 0 bridgehead atoms. The van der Waals surface area contributed by atoms with Gasteiger partial charge in [0.05, 0.1) is 6.61 Å². The van der Waals surface area contributed by atoms with E-state index in [-0.39, 0.29) is 5.28 Å². The summed E-state index contributed by atoms with van der Waals surface area (Å²) in [6, 6.07) is 1.75. The largest absolute Gasteiger partial charge is 0.477 e. The monoisotopic (exact) mass is 198 g/mol. The average Bonchev–Trinajstić information content (AvgIpc) is 2.03. The van der Waals surface area contributed by atoms with Gasteiger partial charge in [0.25, 0.3) is 0 Å². The van der Waals surface area contributed by atoms with Crippen LogP contribution < -0.4 is 4.74 Å². The lowest BCUT2D eigenvalue weighted by molar-refractivity contribution is 0.311. The third kappa shape index (κ3) is 3.42. The molecule has 1 aromatic heterocycles. The number of hydrogen-bond acceptors (Lipinski definition) is 3. The standard InChI is InChI=1S/C9H11ClN2O/c1-3-4-5-13-8-6-7(2)11-9(10)12-8/h3,6H,1,4-5H2,2H3. The molecule has 0 aliphatic heterocycles. The molecule has 0 N–H and O–H groups in total. The average molecular weight is 199 g/mol. The highest BCUT2D eigenvalue weighted by atomic mass is 35.5. The van der Waals surface area contributed by atoms with Crippen molar-refractivity contribution in [2.75, 3.05) is 6.61 Å². The molecule has 1 aromatic rings. The first-order valence-electron chi connectivity index (χ1n) is 3.97. The third-order valence-corrected chi connectivity index (χ3v) is 1.54. The summed E-state index contributed by atoms with van der Waals surface area (Å²) in [6.07, 6.45) is 2.58. The van der Waals surface area contributed by atoms with Gasteiger partial charge in [0, 0.05) is 11.8 Å². The zero-order valence-corrected chi connectivity index (χ0v) is 8.21. The first kappa shape index (κ1) is 9.99. The van der Waals surface area contributed by atoms with Crippen molar-refractivity contribution in [1.29, 1.82) is 0 Å². The Labute approximate surface area is 82.4 Å². The second-order valence-corrected chi connectivity index (χ2v) is 2.88. The molecule has 3 nitrogen and oxygen atoms in total. The number of aryl methyl sites for hydroxylation is 1. The molecular formula is C9H11ClN2O. The van der Waals surface area contributed by atoms with Crippen molar-refractivity contribution < 1.29 is 4.74 Å². The van der Waals surface area contributed by atoms with E-state index < -0.39 is 0 Å². The summed E-state index contributed by atoms with van der Waals surface area (Å²) in [5, 5.41) is 0.216. The number of hydrogen-bond donors (Lipinski definition) is 0. The van der Waals surface area contributed by atoms with Crippen LogP contribution in [0.5, 0.6) is 5.88 Å². The maximum absolute atomic E-state index is 5.64. The Balaban J connectivity index is 2.60. The molecule has 0 spiro atoms. The van der Waals surface area contributed by atoms with E-state index in [1.807, 2.05) is 6.92 Å². The second kappa shape index (κ2) is 4.82. The van der Waals surface area contributed by atoms with Crippen molar-refractivity contribution in [2.45, 2.75) is 13.3 Å². The molecular weight excluding hydrogens is 188 g/mol. The number of ether oxygens (including phenoxy) is 1. The lowest BCUT2D eigenvalue weighted by atomic mass is 10.4. The highest BCUT2D eigenvalue weighted by Crippen LogP contribution is 2.11. The summed E-state index contributed by atoms with van der Waals surface area (Å²) in [5.41, 5.74) is 0.800. The van der Waals surface area contributed by atoms with Crippen molar-refractivity contribution in [2.24, 2.45) is 0 Å². The van der Waals surface area contributed by atoms with Crippen LogP contribution in [0, 0.1) is 6.92 Å². The first-order chi connectivity index (χ1) is 6.22. The molecule has 0 atom stereocenters. The highest BCUT2D eigenvalue weighted by Gasteiger charge is 1.99. The number of rotatable bonds is 4. The van der Waals surface area contributed by atoms with Gasteiger partial charge in [0.2, 0.25) is 11.2 Å². The Bertz CT molecular complexity index is 281. The fourth-order valence-electron chi connectivity index (χ4n) is 0.825. The number of nitrogens with zero attached hydrogens (tertiary/aromatic N) is 2. The predicted octanol–water partition coefficient (Wildman–Crippen LogP) is 2.39. The van der Waals surface area contributed by atoms with Crippen LogP contribution in [-0.4, -0.2) is 16.6 Å². The number of halogens is 1. The molecule has 0 aromatic carbocycles. The third-order valence-electron chi connectivity index (χ3n) is 1.38. The molecule has 1 heterocycles. The Morgan fingerprint density at radius 2 is 2.38 bits per heavy atom. The Hall–Kier alpha value is -1.09. The van der Waals surface area contributed by atoms with Gasteiger partial charge in [0.1, 0.15) is 0 Å². The van der Waals surface area contributed by atoms with Gasteiger partial charge >= 0.3 is 0 Å². The Morgan fingerprint density at radius 3 is 3.00 bits per heavy atom. The van der Waals surface area contributed by atoms with E-state index in [0.717, 1.165) is 12.1 Å². The maximum Gasteiger partial charge on any atom is 0.225 e. The molecule has 70 valence electrons. The van der Waals surface area contributed by atoms with Crippen molar-refractivity contribution in [3.63, 3.8) is 0 Å². The highest BCUT2D eigenvalue weighted by molar-refractivity contribution is 6.28. The van der Waals surface area contributed by atoms with Gasteiger partial charge in [-0.25, -0.2) is 4.98 Å². The molecule has 0 radical (unpaired) electrons. The van der Waals surface area contributed by atoms with Crippen LogP contribution in [0.3, 0.4) is 0 Å². The lowest BCUT2D eigenvalue weighted by Crippen LogP contribution is -1.99. The summed E-state index contributed by atoms with van der Waals surface area (Å²) in [6.45, 7) is 6.00. The molecule has 13 heavy (non-hydrogen) atoms. The molecule has 0 fully saturated rings. The van der Waals surface area contributed by atoms with Crippen molar-refractivity contribution in [1.82, 2.24) is 9.97 Å². The molecule has 4 heteroatoms. The fourth-order valence-corrected chi connectivity index (χ4v) is 1.04. The van der Waals surface area contributed by atoms with E-state index in [4.69, 9.17) is 16.3 Å². The van der Waals surface area contributed by atoms with Crippen LogP contribution >= 0.6 is 11.6 Å². The number of aromatic nitrogens is 2. The van der Waals surface area contributed by atoms with E-state index >= 15 is 0 Å². The van der Waals surface area contributed by atoms with E-state index in [1.54, 1.807) is 12.1 Å². The molecule has 0 saturated heterocycles. The zero-order chi connectivity index (χ0) is 9.68. The normalized spacial score (nSPS) is 9.69. The maximum atomic E-state index is 5.64. The van der Waals surface area contributed by atoms with Crippen molar-refractivity contribution in [3.05, 3.63) is 29.7 Å². The quantitative estimate of drug-likeness (QED) is 0.423. The van der Waals surface area contributed by atoms with Crippen LogP contribution in [0.2, 0.25) is 5.28 Å². The second-order valence-electron chi connectivity index (χ2n) is 2.54. The minimum Gasteiger partial charge on any atom is -0.477 e. The van der Waals surface area contributed by atoms with Crippen LogP contribution in [0.25, 0.3) is 0 Å².